The summed E-state index contributed by atoms with van der Waals surface area (Å²) in [5.41, 5.74) is 1.05. The number of rotatable bonds is 9. The molecular formula is C23H32N2O3. The Balaban J connectivity index is 2.17. The summed E-state index contributed by atoms with van der Waals surface area (Å²) in [5, 5.41) is 0. The monoisotopic (exact) mass is 384 g/mol. The predicted molar refractivity (Wildman–Crippen MR) is 110 cm³/mol. The molecule has 0 aliphatic heterocycles. The van der Waals surface area contributed by atoms with Crippen molar-refractivity contribution in [3.63, 3.8) is 0 Å². The number of hydrogen-bond acceptors (Lipinski definition) is 3. The van der Waals surface area contributed by atoms with E-state index in [1.54, 1.807) is 9.80 Å². The molecule has 1 heterocycles. The van der Waals surface area contributed by atoms with Crippen molar-refractivity contribution in [3.8, 4) is 0 Å². The average Bonchev–Trinajstić information content (AvgIpc) is 3.03. The molecule has 5 nitrogen and oxygen atoms in total. The number of hydrogen-bond donors (Lipinski definition) is 0. The van der Waals surface area contributed by atoms with E-state index in [2.05, 4.69) is 0 Å². The summed E-state index contributed by atoms with van der Waals surface area (Å²) >= 11 is 0. The van der Waals surface area contributed by atoms with Crippen molar-refractivity contribution >= 4 is 11.8 Å². The van der Waals surface area contributed by atoms with E-state index in [1.807, 2.05) is 77.1 Å². The van der Waals surface area contributed by atoms with Gasteiger partial charge in [-0.25, -0.2) is 0 Å². The highest BCUT2D eigenvalue weighted by Crippen LogP contribution is 2.15. The Morgan fingerprint density at radius 1 is 0.929 bits per heavy atom. The van der Waals surface area contributed by atoms with Crippen LogP contribution in [0.25, 0.3) is 0 Å². The normalized spacial score (nSPS) is 11.1. The molecule has 0 spiro atoms. The van der Waals surface area contributed by atoms with Crippen molar-refractivity contribution < 1.29 is 14.0 Å². The minimum Gasteiger partial charge on any atom is -0.464 e. The van der Waals surface area contributed by atoms with Gasteiger partial charge in [0.1, 0.15) is 11.5 Å². The SMILES string of the molecule is Cc1ccc(CN(Cc2ccccc2)C(=O)CN(C(=O)CC(C)C)C(C)C)o1. The minimum absolute atomic E-state index is 0.0202. The fourth-order valence-corrected chi connectivity index (χ4v) is 3.07. The fraction of sp³-hybridized carbons (Fsp3) is 0.478. The molecule has 2 aromatic rings. The second-order valence-electron chi connectivity index (χ2n) is 7.96. The number of benzene rings is 1. The fourth-order valence-electron chi connectivity index (χ4n) is 3.07. The average molecular weight is 385 g/mol. The summed E-state index contributed by atoms with van der Waals surface area (Å²) in [7, 11) is 0. The van der Waals surface area contributed by atoms with Crippen LogP contribution < -0.4 is 0 Å². The molecule has 0 N–H and O–H groups in total. The maximum Gasteiger partial charge on any atom is 0.242 e. The Kier molecular flexibility index (Phi) is 7.85. The van der Waals surface area contributed by atoms with Crippen LogP contribution in [0.3, 0.4) is 0 Å². The number of aryl methyl sites for hydroxylation is 1. The van der Waals surface area contributed by atoms with Gasteiger partial charge >= 0.3 is 0 Å². The zero-order chi connectivity index (χ0) is 20.7. The lowest BCUT2D eigenvalue weighted by Gasteiger charge is -2.30. The van der Waals surface area contributed by atoms with Crippen LogP contribution in [0, 0.1) is 12.8 Å². The van der Waals surface area contributed by atoms with Crippen molar-refractivity contribution in [1.82, 2.24) is 9.80 Å². The number of amides is 2. The van der Waals surface area contributed by atoms with Crippen molar-refractivity contribution in [2.45, 2.75) is 60.2 Å². The molecule has 0 saturated carbocycles. The largest absolute Gasteiger partial charge is 0.464 e. The Morgan fingerprint density at radius 3 is 2.14 bits per heavy atom. The first kappa shape index (κ1) is 21.7. The molecule has 2 rings (SSSR count). The molecule has 0 atom stereocenters. The summed E-state index contributed by atoms with van der Waals surface area (Å²) in [6.45, 7) is 10.7. The van der Waals surface area contributed by atoms with Gasteiger partial charge in [-0.1, -0.05) is 44.2 Å². The Hall–Kier alpha value is -2.56. The van der Waals surface area contributed by atoms with E-state index in [4.69, 9.17) is 4.42 Å². The molecule has 1 aromatic carbocycles. The zero-order valence-corrected chi connectivity index (χ0v) is 17.6. The molecule has 152 valence electrons. The van der Waals surface area contributed by atoms with E-state index in [0.29, 0.717) is 19.5 Å². The van der Waals surface area contributed by atoms with E-state index >= 15 is 0 Å². The van der Waals surface area contributed by atoms with Crippen LogP contribution in [0.4, 0.5) is 0 Å². The lowest BCUT2D eigenvalue weighted by Crippen LogP contribution is -2.45. The number of furan rings is 1. The molecule has 1 aromatic heterocycles. The molecule has 0 saturated heterocycles. The van der Waals surface area contributed by atoms with Crippen LogP contribution in [-0.4, -0.2) is 34.2 Å². The van der Waals surface area contributed by atoms with Gasteiger partial charge in [-0.3, -0.25) is 9.59 Å². The quantitative estimate of drug-likeness (QED) is 0.644. The van der Waals surface area contributed by atoms with E-state index in [-0.39, 0.29) is 30.3 Å². The first-order valence-electron chi connectivity index (χ1n) is 9.92. The van der Waals surface area contributed by atoms with Crippen molar-refractivity contribution in [2.24, 2.45) is 5.92 Å². The number of carbonyl (C=O) groups is 2. The van der Waals surface area contributed by atoms with Gasteiger partial charge in [0.15, 0.2) is 0 Å². The summed E-state index contributed by atoms with van der Waals surface area (Å²) in [6.07, 6.45) is 0.446. The van der Waals surface area contributed by atoms with Gasteiger partial charge in [-0.05, 0) is 44.4 Å². The third-order valence-corrected chi connectivity index (χ3v) is 4.54. The Morgan fingerprint density at radius 2 is 1.61 bits per heavy atom. The second-order valence-corrected chi connectivity index (χ2v) is 7.96. The molecule has 0 radical (unpaired) electrons. The van der Waals surface area contributed by atoms with Crippen LogP contribution >= 0.6 is 0 Å². The van der Waals surface area contributed by atoms with E-state index in [9.17, 15) is 9.59 Å². The van der Waals surface area contributed by atoms with Crippen LogP contribution in [0.15, 0.2) is 46.9 Å². The maximum absolute atomic E-state index is 13.2. The molecule has 0 bridgehead atoms. The molecule has 0 unspecified atom stereocenters. The lowest BCUT2D eigenvalue weighted by molar-refractivity contribution is -0.143. The summed E-state index contributed by atoms with van der Waals surface area (Å²) in [4.78, 5) is 29.2. The zero-order valence-electron chi connectivity index (χ0n) is 17.6. The lowest BCUT2D eigenvalue weighted by atomic mass is 10.1. The molecule has 28 heavy (non-hydrogen) atoms. The van der Waals surface area contributed by atoms with Crippen molar-refractivity contribution in [1.29, 1.82) is 0 Å². The molecule has 0 fully saturated rings. The second kappa shape index (κ2) is 10.1. The molecule has 5 heteroatoms. The smallest absolute Gasteiger partial charge is 0.242 e. The van der Waals surface area contributed by atoms with Crippen LogP contribution in [-0.2, 0) is 22.7 Å². The van der Waals surface area contributed by atoms with Gasteiger partial charge in [0.25, 0.3) is 0 Å². The van der Waals surface area contributed by atoms with Gasteiger partial charge in [-0.15, -0.1) is 0 Å². The minimum atomic E-state index is -0.0799. The molecular weight excluding hydrogens is 352 g/mol. The van der Waals surface area contributed by atoms with Gasteiger partial charge in [0.2, 0.25) is 11.8 Å². The van der Waals surface area contributed by atoms with Crippen molar-refractivity contribution in [2.75, 3.05) is 6.54 Å². The van der Waals surface area contributed by atoms with Crippen LogP contribution in [0.2, 0.25) is 0 Å². The van der Waals surface area contributed by atoms with E-state index < -0.39 is 0 Å². The highest BCUT2D eigenvalue weighted by Gasteiger charge is 2.24. The van der Waals surface area contributed by atoms with Gasteiger partial charge < -0.3 is 14.2 Å². The topological polar surface area (TPSA) is 53.8 Å². The predicted octanol–water partition coefficient (Wildman–Crippen LogP) is 4.40. The summed E-state index contributed by atoms with van der Waals surface area (Å²) in [5.74, 6) is 1.76. The third kappa shape index (κ3) is 6.55. The number of nitrogens with zero attached hydrogens (tertiary/aromatic N) is 2. The third-order valence-electron chi connectivity index (χ3n) is 4.54. The first-order chi connectivity index (χ1) is 13.3. The summed E-state index contributed by atoms with van der Waals surface area (Å²) < 4.78 is 5.68. The van der Waals surface area contributed by atoms with E-state index in [0.717, 1.165) is 17.1 Å². The van der Waals surface area contributed by atoms with Crippen LogP contribution in [0.5, 0.6) is 0 Å². The number of carbonyl (C=O) groups excluding carboxylic acids is 2. The summed E-state index contributed by atoms with van der Waals surface area (Å²) in [6, 6.07) is 13.6. The highest BCUT2D eigenvalue weighted by atomic mass is 16.3. The molecule has 0 aliphatic carbocycles. The molecule has 2 amide bonds. The van der Waals surface area contributed by atoms with Gasteiger partial charge in [0.05, 0.1) is 13.1 Å². The van der Waals surface area contributed by atoms with Gasteiger partial charge in [0, 0.05) is 19.0 Å². The van der Waals surface area contributed by atoms with Crippen molar-refractivity contribution in [3.05, 3.63) is 59.5 Å². The molecule has 0 aliphatic rings. The highest BCUT2D eigenvalue weighted by molar-refractivity contribution is 5.85. The van der Waals surface area contributed by atoms with E-state index in [1.165, 1.54) is 0 Å². The van der Waals surface area contributed by atoms with Gasteiger partial charge in [-0.2, -0.15) is 0 Å². The van der Waals surface area contributed by atoms with Crippen LogP contribution in [0.1, 0.15) is 51.2 Å². The Bertz CT molecular complexity index is 765. The first-order valence-corrected chi connectivity index (χ1v) is 9.92. The maximum atomic E-state index is 13.2. The Labute approximate surface area is 168 Å². The standard InChI is InChI=1S/C23H32N2O3/c1-17(2)13-22(26)25(18(3)4)16-23(27)24(14-20-9-7-6-8-10-20)15-21-12-11-19(5)28-21/h6-12,17-18H,13-16H2,1-5H3.